The third kappa shape index (κ3) is 7.93. The van der Waals surface area contributed by atoms with E-state index in [1.54, 1.807) is 48.5 Å². The van der Waals surface area contributed by atoms with Gasteiger partial charge in [-0.2, -0.15) is 0 Å². The van der Waals surface area contributed by atoms with Gasteiger partial charge in [-0.25, -0.2) is 0 Å². The van der Waals surface area contributed by atoms with Crippen molar-refractivity contribution < 1.29 is 14.4 Å². The highest BCUT2D eigenvalue weighted by Crippen LogP contribution is 2.23. The van der Waals surface area contributed by atoms with Gasteiger partial charge < -0.3 is 25.8 Å². The molecule has 0 spiro atoms. The number of aromatic amines is 1. The Morgan fingerprint density at radius 2 is 1.58 bits per heavy atom. The van der Waals surface area contributed by atoms with Gasteiger partial charge in [-0.15, -0.1) is 11.8 Å². The van der Waals surface area contributed by atoms with Crippen LogP contribution in [0.15, 0.2) is 120 Å². The lowest BCUT2D eigenvalue weighted by molar-refractivity contribution is -0.114. The number of carbonyl (C=O) groups is 3. The van der Waals surface area contributed by atoms with Gasteiger partial charge in [0.1, 0.15) is 5.70 Å². The monoisotopic (exact) mass is 589 g/mol. The zero-order valence-corrected chi connectivity index (χ0v) is 24.6. The van der Waals surface area contributed by atoms with Crippen molar-refractivity contribution in [1.29, 1.82) is 0 Å². The first-order valence-electron chi connectivity index (χ1n) is 13.6. The summed E-state index contributed by atoms with van der Waals surface area (Å²) in [6.45, 7) is 0. The van der Waals surface area contributed by atoms with Crippen LogP contribution in [0.25, 0.3) is 17.0 Å². The summed E-state index contributed by atoms with van der Waals surface area (Å²) < 4.78 is 0. The number of nitrogens with zero attached hydrogens (tertiary/aromatic N) is 1. The van der Waals surface area contributed by atoms with Crippen LogP contribution >= 0.6 is 11.8 Å². The minimum Gasteiger partial charge on any atom is -0.378 e. The Kier molecular flexibility index (Phi) is 9.23. The van der Waals surface area contributed by atoms with Crippen LogP contribution in [-0.4, -0.2) is 42.6 Å². The Labute approximate surface area is 254 Å². The molecule has 0 saturated carbocycles. The molecule has 0 unspecified atom stereocenters. The molecule has 43 heavy (non-hydrogen) atoms. The van der Waals surface area contributed by atoms with Gasteiger partial charge in [-0.05, 0) is 77.7 Å². The highest BCUT2D eigenvalue weighted by atomic mass is 32.2. The lowest BCUT2D eigenvalue weighted by atomic mass is 10.1. The van der Waals surface area contributed by atoms with Crippen molar-refractivity contribution in [2.75, 3.05) is 35.4 Å². The number of hydrogen-bond donors (Lipinski definition) is 4. The van der Waals surface area contributed by atoms with Crippen LogP contribution in [0.3, 0.4) is 0 Å². The molecular weight excluding hydrogens is 558 g/mol. The zero-order chi connectivity index (χ0) is 30.2. The Balaban J connectivity index is 1.26. The van der Waals surface area contributed by atoms with Crippen molar-refractivity contribution in [1.82, 2.24) is 10.3 Å². The summed E-state index contributed by atoms with van der Waals surface area (Å²) in [5.41, 5.74) is 4.52. The molecule has 0 aliphatic carbocycles. The zero-order valence-electron chi connectivity index (χ0n) is 23.8. The van der Waals surface area contributed by atoms with E-state index in [0.29, 0.717) is 11.3 Å². The Morgan fingerprint density at radius 1 is 0.814 bits per heavy atom. The van der Waals surface area contributed by atoms with Gasteiger partial charge in [0.2, 0.25) is 5.91 Å². The lowest BCUT2D eigenvalue weighted by Gasteiger charge is -2.14. The van der Waals surface area contributed by atoms with Crippen LogP contribution in [-0.2, 0) is 9.59 Å². The van der Waals surface area contributed by atoms with Gasteiger partial charge in [-0.1, -0.05) is 42.5 Å². The van der Waals surface area contributed by atoms with E-state index in [-0.39, 0.29) is 17.4 Å². The van der Waals surface area contributed by atoms with Crippen LogP contribution in [0, 0.1) is 0 Å². The fourth-order valence-corrected chi connectivity index (χ4v) is 5.07. The minimum atomic E-state index is -0.472. The first-order chi connectivity index (χ1) is 20.8. The molecule has 4 aromatic carbocycles. The number of thioether (sulfide) groups is 1. The number of anilines is 3. The van der Waals surface area contributed by atoms with Gasteiger partial charge in [0.25, 0.3) is 11.8 Å². The van der Waals surface area contributed by atoms with Crippen molar-refractivity contribution in [3.05, 3.63) is 126 Å². The van der Waals surface area contributed by atoms with Crippen molar-refractivity contribution in [3.8, 4) is 0 Å². The molecule has 9 heteroatoms. The third-order valence-corrected chi connectivity index (χ3v) is 7.54. The first-order valence-corrected chi connectivity index (χ1v) is 14.6. The fraction of sp³-hybridized carbons (Fsp3) is 0.0882. The number of fused-ring (bicyclic) bond motifs is 1. The second-order valence-corrected chi connectivity index (χ2v) is 11.0. The summed E-state index contributed by atoms with van der Waals surface area (Å²) in [7, 11) is 3.90. The number of H-pyrrole nitrogens is 1. The van der Waals surface area contributed by atoms with Gasteiger partial charge >= 0.3 is 0 Å². The van der Waals surface area contributed by atoms with E-state index in [9.17, 15) is 14.4 Å². The summed E-state index contributed by atoms with van der Waals surface area (Å²) in [6, 6.07) is 31.3. The standard InChI is InChI=1S/C34H31N5O3S/c1-39(2)28-15-11-23(12-16-28)19-31(38-33(41)25-7-4-3-5-8-25)34(42)37-26-9-6-10-29(20-26)43-22-32(40)36-27-14-13-24-17-18-35-30(24)21-27/h3-21,35H,22H2,1-2H3,(H,36,40)(H,37,42)(H,38,41)/b31-19+. The van der Waals surface area contributed by atoms with Gasteiger partial charge in [-0.3, -0.25) is 14.4 Å². The highest BCUT2D eigenvalue weighted by molar-refractivity contribution is 8.00. The van der Waals surface area contributed by atoms with Gasteiger partial charge in [0, 0.05) is 53.3 Å². The predicted octanol–water partition coefficient (Wildman–Crippen LogP) is 6.37. The molecule has 1 aromatic heterocycles. The summed E-state index contributed by atoms with van der Waals surface area (Å²) >= 11 is 1.36. The molecule has 0 atom stereocenters. The van der Waals surface area contributed by atoms with Crippen LogP contribution in [0.1, 0.15) is 15.9 Å². The maximum absolute atomic E-state index is 13.4. The molecule has 0 radical (unpaired) electrons. The molecule has 8 nitrogen and oxygen atoms in total. The highest BCUT2D eigenvalue weighted by Gasteiger charge is 2.16. The smallest absolute Gasteiger partial charge is 0.272 e. The number of carbonyl (C=O) groups excluding carboxylic acids is 3. The average Bonchev–Trinajstić information content (AvgIpc) is 3.48. The quantitative estimate of drug-likeness (QED) is 0.112. The molecule has 5 aromatic rings. The number of hydrogen-bond acceptors (Lipinski definition) is 5. The summed E-state index contributed by atoms with van der Waals surface area (Å²) in [6.07, 6.45) is 3.50. The maximum atomic E-state index is 13.4. The molecule has 0 aliphatic heterocycles. The van der Waals surface area contributed by atoms with E-state index in [1.807, 2.05) is 85.9 Å². The number of amides is 3. The largest absolute Gasteiger partial charge is 0.378 e. The molecule has 0 bridgehead atoms. The topological polar surface area (TPSA) is 106 Å². The molecule has 1 heterocycles. The van der Waals surface area contributed by atoms with Crippen molar-refractivity contribution in [2.45, 2.75) is 4.90 Å². The average molecular weight is 590 g/mol. The number of aromatic nitrogens is 1. The predicted molar refractivity (Wildman–Crippen MR) is 175 cm³/mol. The van der Waals surface area contributed by atoms with Crippen molar-refractivity contribution in [3.63, 3.8) is 0 Å². The van der Waals surface area contributed by atoms with E-state index in [4.69, 9.17) is 0 Å². The number of benzene rings is 4. The maximum Gasteiger partial charge on any atom is 0.272 e. The summed E-state index contributed by atoms with van der Waals surface area (Å²) in [4.78, 5) is 44.9. The molecule has 0 fully saturated rings. The normalized spacial score (nSPS) is 11.2. The third-order valence-electron chi connectivity index (χ3n) is 6.55. The van der Waals surface area contributed by atoms with E-state index in [2.05, 4.69) is 20.9 Å². The van der Waals surface area contributed by atoms with Crippen molar-refractivity contribution in [2.24, 2.45) is 0 Å². The fourth-order valence-electron chi connectivity index (χ4n) is 4.31. The Morgan fingerprint density at radius 3 is 2.35 bits per heavy atom. The molecule has 0 saturated heterocycles. The minimum absolute atomic E-state index is 0.0999. The molecule has 0 aliphatic rings. The van der Waals surface area contributed by atoms with Crippen LogP contribution in [0.4, 0.5) is 17.1 Å². The molecule has 5 rings (SSSR count). The summed E-state index contributed by atoms with van der Waals surface area (Å²) in [5, 5.41) is 9.64. The van der Waals surface area contributed by atoms with E-state index in [1.165, 1.54) is 11.8 Å². The van der Waals surface area contributed by atoms with Crippen LogP contribution in [0.2, 0.25) is 0 Å². The molecule has 3 amide bonds. The van der Waals surface area contributed by atoms with Crippen molar-refractivity contribution >= 4 is 63.5 Å². The van der Waals surface area contributed by atoms with Gasteiger partial charge in [0.15, 0.2) is 0 Å². The Hall–Kier alpha value is -5.28. The van der Waals surface area contributed by atoms with E-state index in [0.717, 1.165) is 32.7 Å². The van der Waals surface area contributed by atoms with Crippen LogP contribution < -0.4 is 20.9 Å². The second kappa shape index (κ2) is 13.6. The van der Waals surface area contributed by atoms with Crippen LogP contribution in [0.5, 0.6) is 0 Å². The van der Waals surface area contributed by atoms with Gasteiger partial charge in [0.05, 0.1) is 5.75 Å². The Bertz CT molecular complexity index is 1780. The van der Waals surface area contributed by atoms with E-state index >= 15 is 0 Å². The second-order valence-electron chi connectivity index (χ2n) is 9.96. The summed E-state index contributed by atoms with van der Waals surface area (Å²) in [5.74, 6) is -0.806. The molecule has 216 valence electrons. The SMILES string of the molecule is CN(C)c1ccc(/C=C(/NC(=O)c2ccccc2)C(=O)Nc2cccc(SCC(=O)Nc3ccc4cc[nH]c4c3)c2)cc1. The first kappa shape index (κ1) is 29.2. The lowest BCUT2D eigenvalue weighted by Crippen LogP contribution is -2.30. The van der Waals surface area contributed by atoms with E-state index < -0.39 is 11.8 Å². The number of nitrogens with one attached hydrogen (secondary N) is 4. The molecular formula is C34H31N5O3S. The number of rotatable bonds is 10. The molecule has 4 N–H and O–H groups in total.